The molecule has 1 rings (SSSR count). The van der Waals surface area contributed by atoms with Gasteiger partial charge in [0.2, 0.25) is 0 Å². The van der Waals surface area contributed by atoms with Crippen LogP contribution in [0.5, 0.6) is 0 Å². The summed E-state index contributed by atoms with van der Waals surface area (Å²) in [5.41, 5.74) is 0.709. The molecule has 0 unspecified atom stereocenters. The van der Waals surface area contributed by atoms with Crippen LogP contribution >= 0.6 is 0 Å². The summed E-state index contributed by atoms with van der Waals surface area (Å²) in [6.07, 6.45) is 2.91. The fourth-order valence-electron chi connectivity index (χ4n) is 1.58. The molecular formula is C14H19FN4O. The first-order valence-corrected chi connectivity index (χ1v) is 6.16. The van der Waals surface area contributed by atoms with E-state index >= 15 is 0 Å². The number of nitrogens with one attached hydrogen (secondary N) is 1. The highest BCUT2D eigenvalue weighted by atomic mass is 19.1. The van der Waals surface area contributed by atoms with E-state index in [4.69, 9.17) is 5.21 Å². The summed E-state index contributed by atoms with van der Waals surface area (Å²) in [7, 11) is 1.62. The predicted molar refractivity (Wildman–Crippen MR) is 79.6 cm³/mol. The summed E-state index contributed by atoms with van der Waals surface area (Å²) >= 11 is 0. The van der Waals surface area contributed by atoms with E-state index < -0.39 is 0 Å². The van der Waals surface area contributed by atoms with Crippen molar-refractivity contribution in [2.45, 2.75) is 19.3 Å². The quantitative estimate of drug-likeness (QED) is 0.384. The Morgan fingerprint density at radius 3 is 2.50 bits per heavy atom. The van der Waals surface area contributed by atoms with E-state index in [1.54, 1.807) is 19.2 Å². The van der Waals surface area contributed by atoms with E-state index in [0.717, 1.165) is 5.56 Å². The van der Waals surface area contributed by atoms with Gasteiger partial charge in [0.15, 0.2) is 0 Å². The van der Waals surface area contributed by atoms with Crippen LogP contribution in [-0.2, 0) is 5.41 Å². The molecule has 1 aromatic rings. The van der Waals surface area contributed by atoms with Gasteiger partial charge in [-0.3, -0.25) is 4.99 Å². The molecule has 0 aromatic heterocycles. The molecule has 0 bridgehead atoms. The van der Waals surface area contributed by atoms with Gasteiger partial charge in [-0.2, -0.15) is 0 Å². The third-order valence-corrected chi connectivity index (χ3v) is 2.82. The molecule has 0 aliphatic rings. The number of benzene rings is 1. The molecular weight excluding hydrogens is 259 g/mol. The van der Waals surface area contributed by atoms with Gasteiger partial charge in [-0.1, -0.05) is 26.0 Å². The van der Waals surface area contributed by atoms with Crippen LogP contribution in [0.4, 0.5) is 4.39 Å². The fourth-order valence-corrected chi connectivity index (χ4v) is 1.58. The van der Waals surface area contributed by atoms with E-state index in [2.05, 4.69) is 20.5 Å². The minimum atomic E-state index is -0.266. The van der Waals surface area contributed by atoms with Crippen LogP contribution in [-0.4, -0.2) is 37.2 Å². The molecule has 0 fully saturated rings. The van der Waals surface area contributed by atoms with Crippen molar-refractivity contribution in [1.29, 1.82) is 0 Å². The average Bonchev–Trinajstić information content (AvgIpc) is 2.43. The van der Waals surface area contributed by atoms with Gasteiger partial charge in [-0.15, -0.1) is 0 Å². The molecule has 0 amide bonds. The number of oxime groups is 1. The fraction of sp³-hybridized carbons (Fsp3) is 0.357. The Labute approximate surface area is 118 Å². The van der Waals surface area contributed by atoms with Gasteiger partial charge >= 0.3 is 0 Å². The molecule has 0 saturated carbocycles. The van der Waals surface area contributed by atoms with Crippen LogP contribution in [0.1, 0.15) is 19.4 Å². The molecule has 1 aromatic carbocycles. The molecule has 0 heterocycles. The first-order valence-electron chi connectivity index (χ1n) is 6.16. The first kappa shape index (κ1) is 15.8. The van der Waals surface area contributed by atoms with E-state index in [1.807, 2.05) is 13.8 Å². The summed E-state index contributed by atoms with van der Waals surface area (Å²) in [6.45, 7) is 4.48. The SMILES string of the molecule is C\N=C/C=N\C(=N\O)NCC(C)(C)c1ccc(F)cc1. The zero-order valence-corrected chi connectivity index (χ0v) is 11.8. The van der Waals surface area contributed by atoms with Gasteiger partial charge in [-0.05, 0) is 22.9 Å². The van der Waals surface area contributed by atoms with Crippen molar-refractivity contribution in [3.05, 3.63) is 35.6 Å². The van der Waals surface area contributed by atoms with Crippen LogP contribution < -0.4 is 5.32 Å². The first-order chi connectivity index (χ1) is 9.49. The zero-order chi connectivity index (χ0) is 15.0. The summed E-state index contributed by atoms with van der Waals surface area (Å²) in [6, 6.07) is 6.32. The lowest BCUT2D eigenvalue weighted by molar-refractivity contribution is 0.315. The second-order valence-corrected chi connectivity index (χ2v) is 4.85. The molecule has 0 radical (unpaired) electrons. The van der Waals surface area contributed by atoms with E-state index in [-0.39, 0.29) is 17.2 Å². The number of rotatable bonds is 4. The van der Waals surface area contributed by atoms with E-state index in [0.29, 0.717) is 6.54 Å². The topological polar surface area (TPSA) is 69.3 Å². The zero-order valence-electron chi connectivity index (χ0n) is 11.8. The van der Waals surface area contributed by atoms with Gasteiger partial charge in [0, 0.05) is 31.4 Å². The van der Waals surface area contributed by atoms with Crippen molar-refractivity contribution in [2.75, 3.05) is 13.6 Å². The molecule has 20 heavy (non-hydrogen) atoms. The average molecular weight is 278 g/mol. The largest absolute Gasteiger partial charge is 0.408 e. The van der Waals surface area contributed by atoms with Gasteiger partial charge in [-0.25, -0.2) is 9.38 Å². The second-order valence-electron chi connectivity index (χ2n) is 4.85. The van der Waals surface area contributed by atoms with Crippen molar-refractivity contribution in [3.63, 3.8) is 0 Å². The van der Waals surface area contributed by atoms with Crippen LogP contribution in [0.2, 0.25) is 0 Å². The number of hydrogen-bond acceptors (Lipinski definition) is 3. The maximum atomic E-state index is 12.9. The van der Waals surface area contributed by atoms with Crippen molar-refractivity contribution in [2.24, 2.45) is 15.1 Å². The Hall–Kier alpha value is -2.24. The number of nitrogens with zero attached hydrogens (tertiary/aromatic N) is 3. The smallest absolute Gasteiger partial charge is 0.259 e. The van der Waals surface area contributed by atoms with Crippen LogP contribution in [0.3, 0.4) is 0 Å². The molecule has 6 heteroatoms. The van der Waals surface area contributed by atoms with Crippen molar-refractivity contribution in [3.8, 4) is 0 Å². The normalized spacial score (nSPS) is 13.3. The van der Waals surface area contributed by atoms with Crippen molar-refractivity contribution < 1.29 is 9.60 Å². The lowest BCUT2D eigenvalue weighted by atomic mass is 9.84. The minimum Gasteiger partial charge on any atom is -0.408 e. The summed E-state index contributed by atoms with van der Waals surface area (Å²) < 4.78 is 12.9. The Kier molecular flexibility index (Phi) is 5.83. The lowest BCUT2D eigenvalue weighted by Crippen LogP contribution is -2.36. The molecule has 5 nitrogen and oxygen atoms in total. The predicted octanol–water partition coefficient (Wildman–Crippen LogP) is 2.21. The van der Waals surface area contributed by atoms with Gasteiger partial charge < -0.3 is 10.5 Å². The molecule has 108 valence electrons. The Morgan fingerprint density at radius 1 is 1.30 bits per heavy atom. The highest BCUT2D eigenvalue weighted by Crippen LogP contribution is 2.22. The molecule has 0 aliphatic carbocycles. The number of aliphatic imine (C=N–C) groups is 2. The second kappa shape index (κ2) is 7.37. The summed E-state index contributed by atoms with van der Waals surface area (Å²) in [4.78, 5) is 7.63. The maximum Gasteiger partial charge on any atom is 0.259 e. The Bertz CT molecular complexity index is 506. The minimum absolute atomic E-state index is 0.0973. The van der Waals surface area contributed by atoms with Crippen LogP contribution in [0.15, 0.2) is 39.4 Å². The third kappa shape index (κ3) is 4.79. The molecule has 0 saturated heterocycles. The Morgan fingerprint density at radius 2 is 1.95 bits per heavy atom. The van der Waals surface area contributed by atoms with Crippen LogP contribution in [0, 0.1) is 5.82 Å². The highest BCUT2D eigenvalue weighted by molar-refractivity contribution is 6.18. The number of halogens is 1. The maximum absolute atomic E-state index is 12.9. The third-order valence-electron chi connectivity index (χ3n) is 2.82. The number of guanidine groups is 1. The lowest BCUT2D eigenvalue weighted by Gasteiger charge is -2.25. The summed E-state index contributed by atoms with van der Waals surface area (Å²) in [5, 5.41) is 14.8. The molecule has 0 aliphatic heterocycles. The molecule has 2 N–H and O–H groups in total. The number of hydrogen-bond donors (Lipinski definition) is 2. The van der Waals surface area contributed by atoms with Gasteiger partial charge in [0.05, 0.1) is 0 Å². The molecule has 0 atom stereocenters. The van der Waals surface area contributed by atoms with Crippen molar-refractivity contribution in [1.82, 2.24) is 5.32 Å². The van der Waals surface area contributed by atoms with Gasteiger partial charge in [0.25, 0.3) is 5.96 Å². The molecule has 0 spiro atoms. The van der Waals surface area contributed by atoms with E-state index in [1.165, 1.54) is 24.6 Å². The highest BCUT2D eigenvalue weighted by Gasteiger charge is 2.20. The summed E-state index contributed by atoms with van der Waals surface area (Å²) in [5.74, 6) is -0.168. The standard InChI is InChI=1S/C14H19FN4O/c1-14(2,11-4-6-12(15)7-5-11)10-18-13(19-20)17-9-8-16-3/h4-9,20H,10H2,1-3H3,(H,18,19)/b16-8-,17-9-. The Balaban J connectivity index is 2.69. The van der Waals surface area contributed by atoms with Crippen LogP contribution in [0.25, 0.3) is 0 Å². The van der Waals surface area contributed by atoms with Crippen molar-refractivity contribution >= 4 is 18.4 Å². The monoisotopic (exact) mass is 278 g/mol. The van der Waals surface area contributed by atoms with Gasteiger partial charge in [0.1, 0.15) is 5.82 Å². The van der Waals surface area contributed by atoms with E-state index in [9.17, 15) is 4.39 Å².